The van der Waals surface area contributed by atoms with E-state index >= 15 is 0 Å². The van der Waals surface area contributed by atoms with Crippen molar-refractivity contribution in [3.63, 3.8) is 0 Å². The average Bonchev–Trinajstić information content (AvgIpc) is 2.18. The van der Waals surface area contributed by atoms with Gasteiger partial charge < -0.3 is 10.4 Å². The van der Waals surface area contributed by atoms with Gasteiger partial charge >= 0.3 is 0 Å². The molecule has 1 aromatic rings. The lowest BCUT2D eigenvalue weighted by molar-refractivity contribution is -0.711. The molecular weight excluding hydrogens is 200 g/mol. The molecule has 6 nitrogen and oxygen atoms in total. The van der Waals surface area contributed by atoms with Crippen molar-refractivity contribution < 1.29 is 15.0 Å². The first-order valence-corrected chi connectivity index (χ1v) is 4.42. The highest BCUT2D eigenvalue weighted by Crippen LogP contribution is 2.26. The van der Waals surface area contributed by atoms with Crippen molar-refractivity contribution in [2.24, 2.45) is 0 Å². The highest BCUT2D eigenvalue weighted by Gasteiger charge is 2.06. The molecule has 0 bridgehead atoms. The number of benzene rings is 1. The first-order chi connectivity index (χ1) is 7.13. The standard InChI is InChI=1S/C9H12N2O4/c1-10-5-4-7-2-3-8(12)9(6-7)15-11(13)14/h2-3,6,10,12H,4-5H2,1H3. The van der Waals surface area contributed by atoms with Crippen molar-refractivity contribution >= 4 is 0 Å². The van der Waals surface area contributed by atoms with Crippen LogP contribution in [0.15, 0.2) is 18.2 Å². The fraction of sp³-hybridized carbons (Fsp3) is 0.333. The summed E-state index contributed by atoms with van der Waals surface area (Å²) in [5.74, 6) is -0.367. The van der Waals surface area contributed by atoms with Crippen molar-refractivity contribution in [3.8, 4) is 11.5 Å². The van der Waals surface area contributed by atoms with Gasteiger partial charge in [-0.3, -0.25) is 4.84 Å². The van der Waals surface area contributed by atoms with Crippen LogP contribution in [0.4, 0.5) is 0 Å². The molecule has 0 radical (unpaired) electrons. The monoisotopic (exact) mass is 212 g/mol. The highest BCUT2D eigenvalue weighted by molar-refractivity contribution is 5.41. The number of phenolic OH excluding ortho intramolecular Hbond substituents is 1. The molecule has 0 saturated carbocycles. The summed E-state index contributed by atoms with van der Waals surface area (Å²) in [6, 6.07) is 4.53. The fourth-order valence-corrected chi connectivity index (χ4v) is 1.14. The van der Waals surface area contributed by atoms with Gasteiger partial charge in [0.1, 0.15) is 5.75 Å². The zero-order valence-corrected chi connectivity index (χ0v) is 8.27. The summed E-state index contributed by atoms with van der Waals surface area (Å²) in [6.07, 6.45) is 0.713. The second-order valence-electron chi connectivity index (χ2n) is 2.97. The molecule has 82 valence electrons. The minimum atomic E-state index is -0.948. The Hall–Kier alpha value is -1.82. The van der Waals surface area contributed by atoms with Gasteiger partial charge in [0.15, 0.2) is 5.75 Å². The molecule has 0 fully saturated rings. The largest absolute Gasteiger partial charge is 0.506 e. The maximum atomic E-state index is 10.1. The van der Waals surface area contributed by atoms with E-state index in [-0.39, 0.29) is 11.5 Å². The Morgan fingerprint density at radius 3 is 2.93 bits per heavy atom. The van der Waals surface area contributed by atoms with Crippen molar-refractivity contribution in [2.45, 2.75) is 6.42 Å². The zero-order valence-electron chi connectivity index (χ0n) is 8.27. The van der Waals surface area contributed by atoms with E-state index in [4.69, 9.17) is 0 Å². The van der Waals surface area contributed by atoms with E-state index in [0.717, 1.165) is 12.1 Å². The summed E-state index contributed by atoms with van der Waals surface area (Å²) < 4.78 is 0. The molecule has 2 N–H and O–H groups in total. The fourth-order valence-electron chi connectivity index (χ4n) is 1.14. The highest BCUT2D eigenvalue weighted by atomic mass is 17.0. The SMILES string of the molecule is CNCCc1ccc(O)c(O[N+](=O)[O-])c1. The van der Waals surface area contributed by atoms with Gasteiger partial charge in [0, 0.05) is 0 Å². The van der Waals surface area contributed by atoms with Crippen molar-refractivity contribution in [2.75, 3.05) is 13.6 Å². The maximum Gasteiger partial charge on any atom is 0.299 e. The Labute approximate surface area is 86.6 Å². The number of hydrogen-bond acceptors (Lipinski definition) is 5. The van der Waals surface area contributed by atoms with Crippen molar-refractivity contribution in [1.82, 2.24) is 5.32 Å². The van der Waals surface area contributed by atoms with Gasteiger partial charge in [-0.25, -0.2) is 0 Å². The number of aromatic hydroxyl groups is 1. The normalized spacial score (nSPS) is 9.93. The maximum absolute atomic E-state index is 10.1. The predicted molar refractivity (Wildman–Crippen MR) is 53.4 cm³/mol. The van der Waals surface area contributed by atoms with Crippen LogP contribution in [0.5, 0.6) is 11.5 Å². The number of nitrogens with zero attached hydrogens (tertiary/aromatic N) is 1. The molecule has 0 amide bonds. The Bertz CT molecular complexity index is 354. The van der Waals surface area contributed by atoms with Crippen LogP contribution in [-0.2, 0) is 6.42 Å². The molecule has 0 aromatic heterocycles. The second-order valence-corrected chi connectivity index (χ2v) is 2.97. The Morgan fingerprint density at radius 1 is 1.60 bits per heavy atom. The Morgan fingerprint density at radius 2 is 2.33 bits per heavy atom. The number of hydrogen-bond donors (Lipinski definition) is 2. The van der Waals surface area contributed by atoms with Crippen LogP contribution < -0.4 is 10.2 Å². The summed E-state index contributed by atoms with van der Waals surface area (Å²) in [5.41, 5.74) is 0.860. The summed E-state index contributed by atoms with van der Waals surface area (Å²) in [6.45, 7) is 0.753. The number of phenols is 1. The molecule has 0 heterocycles. The molecule has 0 saturated heterocycles. The minimum Gasteiger partial charge on any atom is -0.506 e. The van der Waals surface area contributed by atoms with Crippen LogP contribution >= 0.6 is 0 Å². The van der Waals surface area contributed by atoms with E-state index in [1.807, 2.05) is 7.05 Å². The zero-order chi connectivity index (χ0) is 11.3. The van der Waals surface area contributed by atoms with E-state index in [1.165, 1.54) is 12.1 Å². The van der Waals surface area contributed by atoms with Gasteiger partial charge in [0.25, 0.3) is 5.09 Å². The van der Waals surface area contributed by atoms with Crippen LogP contribution in [-0.4, -0.2) is 23.8 Å². The van der Waals surface area contributed by atoms with Crippen LogP contribution in [0.25, 0.3) is 0 Å². The molecule has 0 aliphatic rings. The smallest absolute Gasteiger partial charge is 0.299 e. The third kappa shape index (κ3) is 3.43. The molecule has 0 unspecified atom stereocenters. The summed E-state index contributed by atoms with van der Waals surface area (Å²) in [5, 5.41) is 21.4. The third-order valence-corrected chi connectivity index (χ3v) is 1.86. The lowest BCUT2D eigenvalue weighted by Gasteiger charge is -2.05. The topological polar surface area (TPSA) is 84.6 Å². The summed E-state index contributed by atoms with van der Waals surface area (Å²) >= 11 is 0. The van der Waals surface area contributed by atoms with Crippen LogP contribution in [0.1, 0.15) is 5.56 Å². The molecule has 1 rings (SSSR count). The lowest BCUT2D eigenvalue weighted by Crippen LogP contribution is -2.10. The van der Waals surface area contributed by atoms with Crippen molar-refractivity contribution in [3.05, 3.63) is 33.9 Å². The van der Waals surface area contributed by atoms with Gasteiger partial charge in [0.2, 0.25) is 0 Å². The Balaban J connectivity index is 2.80. The van der Waals surface area contributed by atoms with Gasteiger partial charge in [-0.05, 0) is 37.7 Å². The molecule has 0 aliphatic heterocycles. The van der Waals surface area contributed by atoms with E-state index in [1.54, 1.807) is 6.07 Å². The quantitative estimate of drug-likeness (QED) is 0.555. The summed E-state index contributed by atoms with van der Waals surface area (Å²) in [4.78, 5) is 14.3. The third-order valence-electron chi connectivity index (χ3n) is 1.86. The summed E-state index contributed by atoms with van der Waals surface area (Å²) in [7, 11) is 1.81. The van der Waals surface area contributed by atoms with Gasteiger partial charge in [0.05, 0.1) is 0 Å². The molecule has 0 spiro atoms. The first kappa shape index (κ1) is 11.3. The first-order valence-electron chi connectivity index (χ1n) is 4.42. The second kappa shape index (κ2) is 5.16. The molecule has 6 heteroatoms. The van der Waals surface area contributed by atoms with E-state index in [9.17, 15) is 15.2 Å². The molecule has 1 aromatic carbocycles. The van der Waals surface area contributed by atoms with E-state index in [2.05, 4.69) is 10.2 Å². The predicted octanol–water partition coefficient (Wildman–Crippen LogP) is 0.725. The van der Waals surface area contributed by atoms with Gasteiger partial charge in [-0.2, -0.15) is 0 Å². The van der Waals surface area contributed by atoms with Gasteiger partial charge in [-0.1, -0.05) is 6.07 Å². The average molecular weight is 212 g/mol. The number of nitrogens with one attached hydrogen (secondary N) is 1. The lowest BCUT2D eigenvalue weighted by atomic mass is 10.1. The van der Waals surface area contributed by atoms with E-state index in [0.29, 0.717) is 6.42 Å². The van der Waals surface area contributed by atoms with Crippen molar-refractivity contribution in [1.29, 1.82) is 0 Å². The minimum absolute atomic E-state index is 0.131. The van der Waals surface area contributed by atoms with Gasteiger partial charge in [-0.15, -0.1) is 10.1 Å². The Kier molecular flexibility index (Phi) is 3.87. The molecule has 0 aliphatic carbocycles. The van der Waals surface area contributed by atoms with Crippen LogP contribution in [0, 0.1) is 10.1 Å². The number of likely N-dealkylation sites (N-methyl/N-ethyl adjacent to an activating group) is 1. The molecule has 0 atom stereocenters. The van der Waals surface area contributed by atoms with E-state index < -0.39 is 5.09 Å². The molecular formula is C9H12N2O4. The van der Waals surface area contributed by atoms with Crippen LogP contribution in [0.3, 0.4) is 0 Å². The van der Waals surface area contributed by atoms with Crippen LogP contribution in [0.2, 0.25) is 0 Å². The molecule has 15 heavy (non-hydrogen) atoms. The number of rotatable bonds is 5.